The lowest BCUT2D eigenvalue weighted by Gasteiger charge is -2.30. The Labute approximate surface area is 242 Å². The first kappa shape index (κ1) is 32.9. The molecule has 0 aliphatic carbocycles. The van der Waals surface area contributed by atoms with Crippen LogP contribution in [0, 0.1) is 5.41 Å². The SMILES string of the molecule is C=NN/C(=C\C)NC(=O)C(=O)[C@H](CCCC)NC(=O)O[C@H](COc1ccc(OCc2ccccc2)cc1)C(C)(C)C. The zero-order valence-corrected chi connectivity index (χ0v) is 24.6. The number of hydrogen-bond donors (Lipinski definition) is 3. The van der Waals surface area contributed by atoms with Crippen molar-refractivity contribution < 1.29 is 28.6 Å². The number of unbranched alkanes of at least 4 members (excludes halogenated alkanes) is 1. The van der Waals surface area contributed by atoms with Crippen LogP contribution in [0.15, 0.2) is 71.6 Å². The second kappa shape index (κ2) is 16.7. The first-order valence-electron chi connectivity index (χ1n) is 13.7. The van der Waals surface area contributed by atoms with Crippen molar-refractivity contribution >= 4 is 24.5 Å². The Kier molecular flexibility index (Phi) is 13.4. The molecule has 3 N–H and O–H groups in total. The predicted octanol–water partition coefficient (Wildman–Crippen LogP) is 5.10. The minimum atomic E-state index is -1.05. The summed E-state index contributed by atoms with van der Waals surface area (Å²) in [6, 6.07) is 16.0. The average Bonchev–Trinajstić information content (AvgIpc) is 2.96. The zero-order valence-electron chi connectivity index (χ0n) is 24.6. The monoisotopic (exact) mass is 566 g/mol. The fraction of sp³-hybridized carbons (Fsp3) is 0.419. The van der Waals surface area contributed by atoms with Crippen molar-refractivity contribution in [2.75, 3.05) is 6.61 Å². The Morgan fingerprint density at radius 2 is 1.63 bits per heavy atom. The molecular formula is C31H42N4O6. The van der Waals surface area contributed by atoms with Gasteiger partial charge in [-0.05, 0) is 49.2 Å². The molecule has 2 atom stereocenters. The van der Waals surface area contributed by atoms with Crippen LogP contribution < -0.4 is 25.5 Å². The van der Waals surface area contributed by atoms with Crippen molar-refractivity contribution in [3.63, 3.8) is 0 Å². The minimum absolute atomic E-state index is 0.0834. The van der Waals surface area contributed by atoms with Gasteiger partial charge in [0.15, 0.2) is 0 Å². The van der Waals surface area contributed by atoms with Crippen molar-refractivity contribution in [1.82, 2.24) is 16.1 Å². The number of carbonyl (C=O) groups is 3. The van der Waals surface area contributed by atoms with E-state index in [2.05, 4.69) is 27.9 Å². The van der Waals surface area contributed by atoms with Crippen LogP contribution >= 0.6 is 0 Å². The molecule has 41 heavy (non-hydrogen) atoms. The van der Waals surface area contributed by atoms with E-state index >= 15 is 0 Å². The van der Waals surface area contributed by atoms with Gasteiger partial charge in [0, 0.05) is 12.1 Å². The van der Waals surface area contributed by atoms with Gasteiger partial charge in [-0.15, -0.1) is 0 Å². The van der Waals surface area contributed by atoms with E-state index in [-0.39, 0.29) is 18.8 Å². The number of allylic oxidation sites excluding steroid dienone is 1. The highest BCUT2D eigenvalue weighted by atomic mass is 16.6. The normalized spacial score (nSPS) is 12.9. The smallest absolute Gasteiger partial charge is 0.408 e. The maximum Gasteiger partial charge on any atom is 0.408 e. The van der Waals surface area contributed by atoms with Crippen LogP contribution in [0.5, 0.6) is 11.5 Å². The number of nitrogens with zero attached hydrogens (tertiary/aromatic N) is 1. The molecule has 2 amide bonds. The fourth-order valence-corrected chi connectivity index (χ4v) is 3.58. The van der Waals surface area contributed by atoms with Crippen molar-refractivity contribution in [3.8, 4) is 11.5 Å². The van der Waals surface area contributed by atoms with Crippen LogP contribution in [0.1, 0.15) is 59.4 Å². The quantitative estimate of drug-likeness (QED) is 0.147. The number of nitrogens with one attached hydrogen (secondary N) is 3. The molecule has 222 valence electrons. The summed E-state index contributed by atoms with van der Waals surface area (Å²) in [5.41, 5.74) is 3.08. The number of rotatable bonds is 16. The molecule has 0 heterocycles. The van der Waals surface area contributed by atoms with Crippen LogP contribution in [-0.2, 0) is 20.9 Å². The van der Waals surface area contributed by atoms with Crippen LogP contribution in [0.4, 0.5) is 4.79 Å². The van der Waals surface area contributed by atoms with Crippen molar-refractivity contribution in [1.29, 1.82) is 0 Å². The van der Waals surface area contributed by atoms with Gasteiger partial charge in [-0.3, -0.25) is 15.0 Å². The molecule has 0 saturated heterocycles. The molecule has 0 radical (unpaired) electrons. The highest BCUT2D eigenvalue weighted by Gasteiger charge is 2.32. The highest BCUT2D eigenvalue weighted by Crippen LogP contribution is 2.25. The lowest BCUT2D eigenvalue weighted by atomic mass is 9.89. The second-order valence-corrected chi connectivity index (χ2v) is 10.4. The Hall–Kier alpha value is -4.34. The first-order chi connectivity index (χ1) is 19.6. The number of ether oxygens (including phenoxy) is 3. The van der Waals surface area contributed by atoms with E-state index in [0.717, 1.165) is 12.0 Å². The summed E-state index contributed by atoms with van der Waals surface area (Å²) in [4.78, 5) is 38.3. The van der Waals surface area contributed by atoms with Crippen LogP contribution in [0.2, 0.25) is 0 Å². The van der Waals surface area contributed by atoms with Gasteiger partial charge in [0.1, 0.15) is 42.7 Å². The van der Waals surface area contributed by atoms with Crippen LogP contribution in [0.3, 0.4) is 0 Å². The summed E-state index contributed by atoms with van der Waals surface area (Å²) >= 11 is 0. The average molecular weight is 567 g/mol. The largest absolute Gasteiger partial charge is 0.490 e. The van der Waals surface area contributed by atoms with E-state index in [4.69, 9.17) is 14.2 Å². The zero-order chi connectivity index (χ0) is 30.3. The van der Waals surface area contributed by atoms with Crippen LogP contribution in [-0.4, -0.2) is 43.3 Å². The molecule has 0 aliphatic rings. The maximum atomic E-state index is 12.9. The first-order valence-corrected chi connectivity index (χ1v) is 13.7. The molecule has 0 aromatic heterocycles. The topological polar surface area (TPSA) is 127 Å². The third-order valence-corrected chi connectivity index (χ3v) is 6.10. The number of hydrogen-bond acceptors (Lipinski definition) is 8. The summed E-state index contributed by atoms with van der Waals surface area (Å²) < 4.78 is 17.4. The molecule has 0 bridgehead atoms. The molecule has 2 rings (SSSR count). The molecule has 2 aromatic carbocycles. The standard InChI is InChI=1S/C31H42N4O6/c1-7-9-15-25(28(36)29(37)34-27(8-2)35-32-6)33-30(38)41-26(31(3,4)5)21-40-24-18-16-23(17-19-24)39-20-22-13-11-10-12-14-22/h8,10-14,16-19,25-26,35H,6-7,9,15,20-21H2,1-5H3,(H,33,38)(H,34,37)/b27-8-/t25-,26+/m0/s1. The molecule has 0 aliphatic heterocycles. The van der Waals surface area contributed by atoms with Crippen LogP contribution in [0.25, 0.3) is 0 Å². The molecule has 10 nitrogen and oxygen atoms in total. The predicted molar refractivity (Wildman–Crippen MR) is 158 cm³/mol. The Bertz CT molecular complexity index is 1160. The van der Waals surface area contributed by atoms with E-state index in [9.17, 15) is 14.4 Å². The molecule has 0 saturated carbocycles. The van der Waals surface area contributed by atoms with E-state index in [1.165, 1.54) is 6.08 Å². The summed E-state index contributed by atoms with van der Waals surface area (Å²) in [7, 11) is 0. The van der Waals surface area contributed by atoms with Gasteiger partial charge in [0.25, 0.3) is 5.91 Å². The van der Waals surface area contributed by atoms with Gasteiger partial charge in [-0.1, -0.05) is 70.9 Å². The maximum absolute atomic E-state index is 12.9. The molecule has 10 heteroatoms. The highest BCUT2D eigenvalue weighted by molar-refractivity contribution is 6.38. The molecule has 0 unspecified atom stereocenters. The minimum Gasteiger partial charge on any atom is -0.490 e. The summed E-state index contributed by atoms with van der Waals surface area (Å²) in [5, 5.41) is 8.48. The Morgan fingerprint density at radius 1 is 1.00 bits per heavy atom. The number of Topliss-reactive ketones (excluding diaryl/α,β-unsaturated/α-hetero) is 1. The summed E-state index contributed by atoms with van der Waals surface area (Å²) in [5.74, 6) is -0.184. The summed E-state index contributed by atoms with van der Waals surface area (Å²) in [6.45, 7) is 13.2. The molecule has 0 spiro atoms. The number of ketones is 1. The van der Waals surface area contributed by atoms with Crippen molar-refractivity contribution in [2.24, 2.45) is 10.5 Å². The molecule has 0 fully saturated rings. The number of hydrazone groups is 1. The van der Waals surface area contributed by atoms with Gasteiger partial charge < -0.3 is 24.8 Å². The number of alkyl carbamates (subject to hydrolysis) is 1. The van der Waals surface area contributed by atoms with Gasteiger partial charge >= 0.3 is 6.09 Å². The van der Waals surface area contributed by atoms with E-state index < -0.39 is 35.3 Å². The van der Waals surface area contributed by atoms with E-state index in [1.54, 1.807) is 19.1 Å². The molecule has 2 aromatic rings. The third kappa shape index (κ3) is 11.7. The van der Waals surface area contributed by atoms with Gasteiger partial charge in [-0.25, -0.2) is 4.79 Å². The Morgan fingerprint density at radius 3 is 2.20 bits per heavy atom. The van der Waals surface area contributed by atoms with Crippen molar-refractivity contribution in [3.05, 3.63) is 72.1 Å². The number of carbonyl (C=O) groups excluding carboxylic acids is 3. The summed E-state index contributed by atoms with van der Waals surface area (Å²) in [6.07, 6.45) is 1.76. The van der Waals surface area contributed by atoms with E-state index in [0.29, 0.717) is 24.5 Å². The lowest BCUT2D eigenvalue weighted by Crippen LogP contribution is -2.50. The second-order valence-electron chi connectivity index (χ2n) is 10.4. The number of amides is 2. The van der Waals surface area contributed by atoms with E-state index in [1.807, 2.05) is 70.2 Å². The fourth-order valence-electron chi connectivity index (χ4n) is 3.58. The molecular weight excluding hydrogens is 524 g/mol. The van der Waals surface area contributed by atoms with Gasteiger partial charge in [0.2, 0.25) is 5.78 Å². The lowest BCUT2D eigenvalue weighted by molar-refractivity contribution is -0.138. The van der Waals surface area contributed by atoms with Gasteiger partial charge in [-0.2, -0.15) is 5.10 Å². The van der Waals surface area contributed by atoms with Crippen molar-refractivity contribution in [2.45, 2.75) is 72.6 Å². The number of benzene rings is 2. The third-order valence-electron chi connectivity index (χ3n) is 6.10. The van der Waals surface area contributed by atoms with Gasteiger partial charge in [0.05, 0.1) is 0 Å². The Balaban J connectivity index is 1.98.